The second kappa shape index (κ2) is 8.55. The summed E-state index contributed by atoms with van der Waals surface area (Å²) in [6.07, 6.45) is 1.54. The van der Waals surface area contributed by atoms with Crippen molar-refractivity contribution in [1.29, 1.82) is 0 Å². The van der Waals surface area contributed by atoms with Crippen LogP contribution < -0.4 is 9.64 Å². The van der Waals surface area contributed by atoms with E-state index in [9.17, 15) is 4.39 Å². The molecule has 1 aliphatic heterocycles. The molecule has 3 heterocycles. The molecule has 1 saturated heterocycles. The molecule has 164 valence electrons. The van der Waals surface area contributed by atoms with Crippen LogP contribution in [0, 0.1) is 12.7 Å². The Morgan fingerprint density at radius 3 is 2.59 bits per heavy atom. The van der Waals surface area contributed by atoms with Gasteiger partial charge in [0, 0.05) is 38.3 Å². The number of H-pyrrole nitrogens is 1. The summed E-state index contributed by atoms with van der Waals surface area (Å²) in [7, 11) is 0. The lowest BCUT2D eigenvalue weighted by Crippen LogP contribution is -2.47. The number of imidazole rings is 1. The van der Waals surface area contributed by atoms with Crippen LogP contribution in [0.25, 0.3) is 11.0 Å². The molecule has 0 bridgehead atoms. The molecule has 0 spiro atoms. The Balaban J connectivity index is 1.26. The Hall–Kier alpha value is -3.52. The lowest BCUT2D eigenvalue weighted by Gasteiger charge is -2.38. The average molecular weight is 433 g/mol. The maximum Gasteiger partial charge on any atom is 0.224 e. The van der Waals surface area contributed by atoms with Gasteiger partial charge in [-0.3, -0.25) is 4.90 Å². The van der Waals surface area contributed by atoms with Gasteiger partial charge in [-0.25, -0.2) is 19.3 Å². The Kier molecular flexibility index (Phi) is 5.45. The first-order valence-electron chi connectivity index (χ1n) is 10.8. The number of aryl methyl sites for hydroxylation is 1. The average Bonchev–Trinajstić information content (AvgIpc) is 3.21. The Morgan fingerprint density at radius 1 is 1.03 bits per heavy atom. The molecular weight excluding hydrogens is 407 g/mol. The first-order valence-corrected chi connectivity index (χ1v) is 10.8. The van der Waals surface area contributed by atoms with Gasteiger partial charge in [0.2, 0.25) is 5.88 Å². The van der Waals surface area contributed by atoms with Gasteiger partial charge < -0.3 is 14.6 Å². The lowest BCUT2D eigenvalue weighted by molar-refractivity contribution is 0.198. The van der Waals surface area contributed by atoms with E-state index in [1.54, 1.807) is 0 Å². The molecule has 0 saturated carbocycles. The first-order chi connectivity index (χ1) is 15.6. The molecule has 1 atom stereocenters. The zero-order chi connectivity index (χ0) is 22.1. The minimum Gasteiger partial charge on any atom is -0.436 e. The number of anilines is 1. The predicted molar refractivity (Wildman–Crippen MR) is 122 cm³/mol. The van der Waals surface area contributed by atoms with Gasteiger partial charge in [0.25, 0.3) is 0 Å². The van der Waals surface area contributed by atoms with Gasteiger partial charge in [-0.15, -0.1) is 0 Å². The molecular formula is C24H25FN6O. The molecule has 5 rings (SSSR count). The topological polar surface area (TPSA) is 70.2 Å². The quantitative estimate of drug-likeness (QED) is 0.502. The molecule has 32 heavy (non-hydrogen) atoms. The van der Waals surface area contributed by atoms with E-state index in [-0.39, 0.29) is 11.9 Å². The van der Waals surface area contributed by atoms with Gasteiger partial charge in [0.1, 0.15) is 29.3 Å². The summed E-state index contributed by atoms with van der Waals surface area (Å²) in [5.74, 6) is 2.63. The number of aromatic amines is 1. The van der Waals surface area contributed by atoms with E-state index in [4.69, 9.17) is 4.74 Å². The number of benzene rings is 2. The number of fused-ring (bicyclic) bond motifs is 1. The summed E-state index contributed by atoms with van der Waals surface area (Å²) >= 11 is 0. The molecule has 2 aromatic heterocycles. The summed E-state index contributed by atoms with van der Waals surface area (Å²) in [6.45, 7) is 7.56. The zero-order valence-corrected chi connectivity index (χ0v) is 18.1. The number of nitrogens with zero attached hydrogens (tertiary/aromatic N) is 5. The fourth-order valence-corrected chi connectivity index (χ4v) is 4.17. The Morgan fingerprint density at radius 2 is 1.81 bits per heavy atom. The van der Waals surface area contributed by atoms with Crippen LogP contribution in [-0.4, -0.2) is 51.0 Å². The van der Waals surface area contributed by atoms with Crippen molar-refractivity contribution in [2.24, 2.45) is 0 Å². The van der Waals surface area contributed by atoms with Gasteiger partial charge in [-0.05, 0) is 43.7 Å². The van der Waals surface area contributed by atoms with Gasteiger partial charge in [0.05, 0.1) is 5.52 Å². The van der Waals surface area contributed by atoms with Crippen molar-refractivity contribution in [2.45, 2.75) is 19.9 Å². The number of hydrogen-bond acceptors (Lipinski definition) is 6. The van der Waals surface area contributed by atoms with Crippen molar-refractivity contribution < 1.29 is 9.13 Å². The first kappa shape index (κ1) is 20.4. The second-order valence-electron chi connectivity index (χ2n) is 8.04. The van der Waals surface area contributed by atoms with Crippen LogP contribution in [0.4, 0.5) is 10.2 Å². The van der Waals surface area contributed by atoms with Gasteiger partial charge >= 0.3 is 0 Å². The molecule has 1 aliphatic rings. The molecule has 8 heteroatoms. The van der Waals surface area contributed by atoms with Crippen LogP contribution in [0.1, 0.15) is 24.4 Å². The van der Waals surface area contributed by atoms with E-state index >= 15 is 0 Å². The van der Waals surface area contributed by atoms with E-state index in [0.29, 0.717) is 11.6 Å². The van der Waals surface area contributed by atoms with Crippen LogP contribution in [0.5, 0.6) is 11.6 Å². The molecule has 0 radical (unpaired) electrons. The summed E-state index contributed by atoms with van der Waals surface area (Å²) in [5.41, 5.74) is 2.84. The second-order valence-corrected chi connectivity index (χ2v) is 8.04. The van der Waals surface area contributed by atoms with Crippen LogP contribution in [-0.2, 0) is 0 Å². The molecule has 0 amide bonds. The van der Waals surface area contributed by atoms with Crippen molar-refractivity contribution in [3.63, 3.8) is 0 Å². The van der Waals surface area contributed by atoms with Crippen molar-refractivity contribution >= 4 is 16.9 Å². The van der Waals surface area contributed by atoms with Crippen molar-refractivity contribution in [3.05, 3.63) is 72.1 Å². The van der Waals surface area contributed by atoms with Crippen molar-refractivity contribution in [1.82, 2.24) is 24.8 Å². The van der Waals surface area contributed by atoms with Gasteiger partial charge in [0.15, 0.2) is 5.75 Å². The highest BCUT2D eigenvalue weighted by Gasteiger charge is 2.23. The smallest absolute Gasteiger partial charge is 0.224 e. The van der Waals surface area contributed by atoms with E-state index in [1.807, 2.05) is 43.3 Å². The minimum absolute atomic E-state index is 0.203. The SMILES string of the molecule is Cc1nc2c(Oc3cc(N4CCN([C@H](C)c5ccc(F)cc5)CC4)ncn3)cccc2[nH]1. The van der Waals surface area contributed by atoms with Crippen molar-refractivity contribution in [2.75, 3.05) is 31.1 Å². The van der Waals surface area contributed by atoms with Crippen LogP contribution in [0.2, 0.25) is 0 Å². The molecule has 1 fully saturated rings. The standard InChI is InChI=1S/C24H25FN6O/c1-16(18-6-8-19(25)9-7-18)30-10-12-31(13-11-30)22-14-23(27-15-26-22)32-21-5-3-4-20-24(21)29-17(2)28-20/h3-9,14-16H,10-13H2,1-2H3,(H,28,29)/t16-/m1/s1. The van der Waals surface area contributed by atoms with Gasteiger partial charge in [-0.1, -0.05) is 18.2 Å². The molecule has 4 aromatic rings. The number of nitrogens with one attached hydrogen (secondary N) is 1. The zero-order valence-electron chi connectivity index (χ0n) is 18.1. The minimum atomic E-state index is -0.203. The third-order valence-electron chi connectivity index (χ3n) is 5.97. The number of aromatic nitrogens is 4. The Labute approximate surface area is 185 Å². The largest absolute Gasteiger partial charge is 0.436 e. The predicted octanol–water partition coefficient (Wildman–Crippen LogP) is 4.48. The van der Waals surface area contributed by atoms with Gasteiger partial charge in [-0.2, -0.15) is 0 Å². The van der Waals surface area contributed by atoms with E-state index in [1.165, 1.54) is 18.5 Å². The highest BCUT2D eigenvalue weighted by Crippen LogP contribution is 2.29. The third-order valence-corrected chi connectivity index (χ3v) is 5.97. The highest BCUT2D eigenvalue weighted by molar-refractivity contribution is 5.82. The fraction of sp³-hybridized carbons (Fsp3) is 0.292. The number of ether oxygens (including phenoxy) is 1. The molecule has 0 aliphatic carbocycles. The molecule has 2 aromatic carbocycles. The van der Waals surface area contributed by atoms with Crippen LogP contribution in [0.3, 0.4) is 0 Å². The molecule has 1 N–H and O–H groups in total. The molecule has 7 nitrogen and oxygen atoms in total. The van der Waals surface area contributed by atoms with Crippen molar-refractivity contribution in [3.8, 4) is 11.6 Å². The number of piperazine rings is 1. The monoisotopic (exact) mass is 432 g/mol. The fourth-order valence-electron chi connectivity index (χ4n) is 4.17. The van der Waals surface area contributed by atoms with E-state index in [2.05, 4.69) is 36.7 Å². The number of halogens is 1. The van der Waals surface area contributed by atoms with Crippen LogP contribution >= 0.6 is 0 Å². The summed E-state index contributed by atoms with van der Waals surface area (Å²) in [6, 6.07) is 14.7. The maximum atomic E-state index is 13.2. The van der Waals surface area contributed by atoms with Crippen LogP contribution in [0.15, 0.2) is 54.9 Å². The number of rotatable bonds is 5. The summed E-state index contributed by atoms with van der Waals surface area (Å²) < 4.78 is 19.3. The number of hydrogen-bond donors (Lipinski definition) is 1. The van der Waals surface area contributed by atoms with E-state index in [0.717, 1.165) is 54.4 Å². The summed E-state index contributed by atoms with van der Waals surface area (Å²) in [5, 5.41) is 0. The lowest BCUT2D eigenvalue weighted by atomic mass is 10.1. The normalized spacial score (nSPS) is 15.8. The molecule has 0 unspecified atom stereocenters. The summed E-state index contributed by atoms with van der Waals surface area (Å²) in [4.78, 5) is 21.1. The Bertz CT molecular complexity index is 1220. The van der Waals surface area contributed by atoms with E-state index < -0.39 is 0 Å². The highest BCUT2D eigenvalue weighted by atomic mass is 19.1. The third kappa shape index (κ3) is 4.13. The number of para-hydroxylation sites is 1. The maximum absolute atomic E-state index is 13.2.